The topological polar surface area (TPSA) is 77.1 Å². The van der Waals surface area contributed by atoms with Crippen molar-refractivity contribution in [3.05, 3.63) is 29.3 Å². The summed E-state index contributed by atoms with van der Waals surface area (Å²) in [5.41, 5.74) is 2.40. The highest BCUT2D eigenvalue weighted by molar-refractivity contribution is 6.01. The van der Waals surface area contributed by atoms with Gasteiger partial charge >= 0.3 is 12.0 Å². The number of nitrogens with one attached hydrogen (secondary N) is 1. The van der Waals surface area contributed by atoms with Gasteiger partial charge in [-0.25, -0.2) is 9.59 Å². The van der Waals surface area contributed by atoms with Crippen LogP contribution in [-0.4, -0.2) is 56.4 Å². The Balaban J connectivity index is 1.74. The molecule has 2 unspecified atom stereocenters. The maximum atomic E-state index is 12.8. The number of amides is 2. The van der Waals surface area contributed by atoms with E-state index in [1.165, 1.54) is 7.11 Å². The molecule has 1 aliphatic carbocycles. The summed E-state index contributed by atoms with van der Waals surface area (Å²) in [5.74, 6) is 0.869. The van der Waals surface area contributed by atoms with Gasteiger partial charge in [0.05, 0.1) is 32.9 Å². The molecule has 2 aliphatic heterocycles. The Labute approximate surface area is 164 Å². The second-order valence-electron chi connectivity index (χ2n) is 7.54. The minimum atomic E-state index is -0.376. The number of benzene rings is 1. The van der Waals surface area contributed by atoms with E-state index >= 15 is 0 Å². The van der Waals surface area contributed by atoms with Crippen molar-refractivity contribution < 1.29 is 23.8 Å². The average molecular weight is 386 g/mol. The molecule has 0 spiro atoms. The SMILES string of the molecule is COC(=O)C1=C(c2ccc(OC)c(OC)c2)CC2CCC1N2C(=O)NC1CC1. The lowest BCUT2D eigenvalue weighted by Gasteiger charge is -2.37. The molecule has 1 aromatic carbocycles. The Kier molecular flexibility index (Phi) is 4.91. The average Bonchev–Trinajstić information content (AvgIpc) is 3.48. The van der Waals surface area contributed by atoms with Crippen LogP contribution < -0.4 is 14.8 Å². The summed E-state index contributed by atoms with van der Waals surface area (Å²) >= 11 is 0. The van der Waals surface area contributed by atoms with E-state index in [2.05, 4.69) is 5.32 Å². The largest absolute Gasteiger partial charge is 0.493 e. The number of urea groups is 1. The Morgan fingerprint density at radius 1 is 1.04 bits per heavy atom. The lowest BCUT2D eigenvalue weighted by Crippen LogP contribution is -2.51. The molecule has 2 atom stereocenters. The molecule has 1 aromatic rings. The van der Waals surface area contributed by atoms with E-state index in [-0.39, 0.29) is 30.1 Å². The quantitative estimate of drug-likeness (QED) is 0.788. The lowest BCUT2D eigenvalue weighted by atomic mass is 9.88. The summed E-state index contributed by atoms with van der Waals surface area (Å²) in [6.45, 7) is 0. The van der Waals surface area contributed by atoms with Crippen LogP contribution in [0.5, 0.6) is 11.5 Å². The van der Waals surface area contributed by atoms with Gasteiger partial charge in [0.1, 0.15) is 0 Å². The molecular formula is C21H26N2O5. The number of rotatable bonds is 5. The van der Waals surface area contributed by atoms with Gasteiger partial charge in [-0.3, -0.25) is 0 Å². The third-order valence-electron chi connectivity index (χ3n) is 5.88. The van der Waals surface area contributed by atoms with Crippen LogP contribution in [0.2, 0.25) is 0 Å². The molecule has 4 rings (SSSR count). The van der Waals surface area contributed by atoms with Gasteiger partial charge in [0.15, 0.2) is 11.5 Å². The summed E-state index contributed by atoms with van der Waals surface area (Å²) in [7, 11) is 4.57. The third-order valence-corrected chi connectivity index (χ3v) is 5.88. The number of esters is 1. The van der Waals surface area contributed by atoms with Crippen LogP contribution in [-0.2, 0) is 9.53 Å². The first-order valence-electron chi connectivity index (χ1n) is 9.70. The molecule has 150 valence electrons. The zero-order valence-corrected chi connectivity index (χ0v) is 16.5. The highest BCUT2D eigenvalue weighted by Gasteiger charge is 2.47. The highest BCUT2D eigenvalue weighted by atomic mass is 16.5. The summed E-state index contributed by atoms with van der Waals surface area (Å²) < 4.78 is 15.9. The molecule has 1 saturated carbocycles. The van der Waals surface area contributed by atoms with E-state index in [0.717, 1.165) is 36.8 Å². The van der Waals surface area contributed by atoms with E-state index in [1.807, 2.05) is 23.1 Å². The summed E-state index contributed by atoms with van der Waals surface area (Å²) in [6, 6.07) is 5.69. The smallest absolute Gasteiger partial charge is 0.336 e. The molecule has 1 saturated heterocycles. The van der Waals surface area contributed by atoms with Crippen molar-refractivity contribution in [3.63, 3.8) is 0 Å². The second-order valence-corrected chi connectivity index (χ2v) is 7.54. The van der Waals surface area contributed by atoms with Gasteiger partial charge in [0.25, 0.3) is 0 Å². The van der Waals surface area contributed by atoms with Crippen molar-refractivity contribution in [1.29, 1.82) is 0 Å². The van der Waals surface area contributed by atoms with Crippen LogP contribution >= 0.6 is 0 Å². The molecule has 7 heteroatoms. The number of carbonyl (C=O) groups excluding carboxylic acids is 2. The second kappa shape index (κ2) is 7.37. The van der Waals surface area contributed by atoms with Crippen molar-refractivity contribution in [2.75, 3.05) is 21.3 Å². The normalized spacial score (nSPS) is 23.5. The van der Waals surface area contributed by atoms with Crippen molar-refractivity contribution in [3.8, 4) is 11.5 Å². The summed E-state index contributed by atoms with van der Waals surface area (Å²) in [6.07, 6.45) is 4.33. The Hall–Kier alpha value is -2.70. The number of ether oxygens (including phenoxy) is 3. The van der Waals surface area contributed by atoms with Crippen molar-refractivity contribution in [2.24, 2.45) is 0 Å². The molecule has 2 fully saturated rings. The van der Waals surface area contributed by atoms with Crippen molar-refractivity contribution in [1.82, 2.24) is 10.2 Å². The van der Waals surface area contributed by atoms with Crippen LogP contribution in [0.4, 0.5) is 4.79 Å². The molecular weight excluding hydrogens is 360 g/mol. The maximum absolute atomic E-state index is 12.8. The first kappa shape index (κ1) is 18.7. The maximum Gasteiger partial charge on any atom is 0.336 e. The predicted molar refractivity (Wildman–Crippen MR) is 103 cm³/mol. The number of nitrogens with zero attached hydrogens (tertiary/aromatic N) is 1. The summed E-state index contributed by atoms with van der Waals surface area (Å²) in [5, 5.41) is 3.07. The third kappa shape index (κ3) is 3.19. The van der Waals surface area contributed by atoms with Crippen LogP contribution in [0, 0.1) is 0 Å². The van der Waals surface area contributed by atoms with E-state index in [9.17, 15) is 9.59 Å². The Morgan fingerprint density at radius 3 is 2.43 bits per heavy atom. The van der Waals surface area contributed by atoms with Gasteiger partial charge in [0.2, 0.25) is 0 Å². The van der Waals surface area contributed by atoms with Gasteiger partial charge in [0, 0.05) is 12.1 Å². The molecule has 2 bridgehead atoms. The van der Waals surface area contributed by atoms with Gasteiger partial charge in [-0.2, -0.15) is 0 Å². The molecule has 3 aliphatic rings. The number of methoxy groups -OCH3 is 3. The van der Waals surface area contributed by atoms with Crippen LogP contribution in [0.1, 0.15) is 37.7 Å². The highest BCUT2D eigenvalue weighted by Crippen LogP contribution is 2.45. The number of carbonyl (C=O) groups is 2. The van der Waals surface area contributed by atoms with Gasteiger partial charge in [-0.05, 0) is 55.4 Å². The Morgan fingerprint density at radius 2 is 1.79 bits per heavy atom. The molecule has 1 N–H and O–H groups in total. The number of fused-ring (bicyclic) bond motifs is 2. The zero-order valence-electron chi connectivity index (χ0n) is 16.5. The summed E-state index contributed by atoms with van der Waals surface area (Å²) in [4.78, 5) is 27.4. The zero-order chi connectivity index (χ0) is 19.8. The molecule has 28 heavy (non-hydrogen) atoms. The van der Waals surface area contributed by atoms with Gasteiger partial charge in [-0.1, -0.05) is 6.07 Å². The lowest BCUT2D eigenvalue weighted by molar-refractivity contribution is -0.136. The van der Waals surface area contributed by atoms with E-state index in [0.29, 0.717) is 23.5 Å². The van der Waals surface area contributed by atoms with E-state index in [4.69, 9.17) is 14.2 Å². The van der Waals surface area contributed by atoms with Crippen LogP contribution in [0.25, 0.3) is 5.57 Å². The molecule has 2 heterocycles. The first-order chi connectivity index (χ1) is 13.6. The molecule has 0 radical (unpaired) electrons. The van der Waals surface area contributed by atoms with Crippen molar-refractivity contribution in [2.45, 2.75) is 50.2 Å². The number of hydrogen-bond donors (Lipinski definition) is 1. The number of hydrogen-bond acceptors (Lipinski definition) is 5. The van der Waals surface area contributed by atoms with E-state index in [1.54, 1.807) is 14.2 Å². The molecule has 0 aromatic heterocycles. The standard InChI is InChI=1S/C21H26N2O5/c1-26-17-9-4-12(10-18(17)27-2)15-11-14-7-8-16(19(15)20(24)28-3)23(14)21(25)22-13-5-6-13/h4,9-10,13-14,16H,5-8,11H2,1-3H3,(H,22,25). The Bertz CT molecular complexity index is 830. The predicted octanol–water partition coefficient (Wildman–Crippen LogP) is 2.74. The fraction of sp³-hybridized carbons (Fsp3) is 0.524. The van der Waals surface area contributed by atoms with Crippen molar-refractivity contribution >= 4 is 17.6 Å². The fourth-order valence-corrected chi connectivity index (χ4v) is 4.36. The minimum absolute atomic E-state index is 0.0669. The van der Waals surface area contributed by atoms with E-state index < -0.39 is 0 Å². The van der Waals surface area contributed by atoms with Crippen LogP contribution in [0.3, 0.4) is 0 Å². The van der Waals surface area contributed by atoms with Gasteiger partial charge < -0.3 is 24.4 Å². The molecule has 2 amide bonds. The minimum Gasteiger partial charge on any atom is -0.493 e. The van der Waals surface area contributed by atoms with Crippen LogP contribution in [0.15, 0.2) is 23.8 Å². The van der Waals surface area contributed by atoms with Gasteiger partial charge in [-0.15, -0.1) is 0 Å². The fourth-order valence-electron chi connectivity index (χ4n) is 4.36. The first-order valence-corrected chi connectivity index (χ1v) is 9.70. The monoisotopic (exact) mass is 386 g/mol. The molecule has 7 nitrogen and oxygen atoms in total.